The molecule has 1 aromatic carbocycles. The van der Waals surface area contributed by atoms with E-state index in [0.717, 1.165) is 4.90 Å². The predicted octanol–water partition coefficient (Wildman–Crippen LogP) is 2.75. The summed E-state index contributed by atoms with van der Waals surface area (Å²) in [7, 11) is -3.29. The van der Waals surface area contributed by atoms with E-state index in [1.165, 1.54) is 0 Å². The van der Waals surface area contributed by atoms with Crippen molar-refractivity contribution in [3.8, 4) is 0 Å². The summed E-state index contributed by atoms with van der Waals surface area (Å²) in [6.45, 7) is 0. The highest BCUT2D eigenvalue weighted by atomic mass is 32.3. The second kappa shape index (κ2) is 3.95. The molecule has 1 atom stereocenters. The van der Waals surface area contributed by atoms with Gasteiger partial charge in [0.1, 0.15) is 0 Å². The van der Waals surface area contributed by atoms with Crippen molar-refractivity contribution in [3.63, 3.8) is 0 Å². The first-order valence-corrected chi connectivity index (χ1v) is 9.02. The summed E-state index contributed by atoms with van der Waals surface area (Å²) in [5.74, 6) is 0. The van der Waals surface area contributed by atoms with Crippen LogP contribution in [0, 0.1) is 0 Å². The first kappa shape index (κ1) is 11.6. The molecule has 0 radical (unpaired) electrons. The van der Waals surface area contributed by atoms with Gasteiger partial charge in [0, 0.05) is 11.2 Å². The Morgan fingerprint density at radius 3 is 1.93 bits per heavy atom. The molecular weight excluding hydrogens is 214 g/mol. The van der Waals surface area contributed by atoms with Gasteiger partial charge < -0.3 is 0 Å². The van der Waals surface area contributed by atoms with Gasteiger partial charge in [-0.2, -0.15) is 3.77 Å². The van der Waals surface area contributed by atoms with Crippen molar-refractivity contribution >= 4 is 19.9 Å². The van der Waals surface area contributed by atoms with E-state index in [0.29, 0.717) is 0 Å². The summed E-state index contributed by atoms with van der Waals surface area (Å²) in [5, 5.41) is 0. The molecule has 0 aliphatic carbocycles. The monoisotopic (exact) mass is 231 g/mol. The second-order valence-electron chi connectivity index (χ2n) is 3.96. The van der Waals surface area contributed by atoms with Crippen LogP contribution >= 0.6 is 10.2 Å². The van der Waals surface area contributed by atoms with E-state index in [1.807, 2.05) is 49.1 Å². The van der Waals surface area contributed by atoms with Crippen molar-refractivity contribution in [1.82, 2.24) is 0 Å². The van der Waals surface area contributed by atoms with Gasteiger partial charge in [-0.05, 0) is 30.9 Å². The third-order valence-electron chi connectivity index (χ3n) is 1.55. The van der Waals surface area contributed by atoms with Crippen LogP contribution in [0.25, 0.3) is 0 Å². The molecule has 0 saturated heterocycles. The van der Waals surface area contributed by atoms with E-state index in [4.69, 9.17) is 0 Å². The average molecular weight is 231 g/mol. The van der Waals surface area contributed by atoms with E-state index >= 15 is 0 Å². The summed E-state index contributed by atoms with van der Waals surface area (Å²) in [4.78, 5) is 0.822. The highest BCUT2D eigenvalue weighted by Gasteiger charge is 2.09. The van der Waals surface area contributed by atoms with Gasteiger partial charge in [-0.1, -0.05) is 18.2 Å². The minimum Gasteiger partial charge on any atom is -0.244 e. The Balaban J connectivity index is 3.23. The van der Waals surface area contributed by atoms with Gasteiger partial charge in [0.2, 0.25) is 0 Å². The lowest BCUT2D eigenvalue weighted by molar-refractivity contribution is 0.681. The average Bonchev–Trinajstić information content (AvgIpc) is 2.01. The maximum Gasteiger partial charge on any atom is 0.0814 e. The number of benzene rings is 1. The Morgan fingerprint density at radius 1 is 1.00 bits per heavy atom. The maximum absolute atomic E-state index is 12.3. The topological polar surface area (TPSA) is 29.4 Å². The molecule has 1 aromatic rings. The highest BCUT2D eigenvalue weighted by molar-refractivity contribution is 8.33. The largest absolute Gasteiger partial charge is 0.244 e. The zero-order chi connectivity index (χ0) is 10.8. The van der Waals surface area contributed by atoms with Crippen LogP contribution in [-0.4, -0.2) is 29.2 Å². The van der Waals surface area contributed by atoms with Gasteiger partial charge in [0.05, 0.1) is 9.73 Å². The first-order valence-electron chi connectivity index (χ1n) is 4.28. The Kier molecular flexibility index (Phi) is 3.27. The van der Waals surface area contributed by atoms with Crippen LogP contribution in [-0.2, 0) is 9.73 Å². The Bertz CT molecular complexity index is 411. The van der Waals surface area contributed by atoms with E-state index in [9.17, 15) is 4.21 Å². The van der Waals surface area contributed by atoms with Gasteiger partial charge in [-0.3, -0.25) is 0 Å². The molecule has 1 rings (SSSR count). The van der Waals surface area contributed by atoms with Crippen molar-refractivity contribution in [1.29, 1.82) is 0 Å². The van der Waals surface area contributed by atoms with Crippen molar-refractivity contribution in [2.75, 3.05) is 25.0 Å². The minimum atomic E-state index is -2.21. The standard InChI is InChI=1S/C10H17NOS2/c1-13(2,3)11-14(4,12)10-8-6-5-7-9-10/h5-9H,1-4H3. The van der Waals surface area contributed by atoms with E-state index in [-0.39, 0.29) is 0 Å². The molecule has 0 amide bonds. The minimum absolute atomic E-state index is 0.822. The third-order valence-corrected chi connectivity index (χ3v) is 5.62. The number of rotatable bonds is 2. The lowest BCUT2D eigenvalue weighted by Crippen LogP contribution is -2.00. The fourth-order valence-corrected chi connectivity index (χ4v) is 5.56. The van der Waals surface area contributed by atoms with Gasteiger partial charge >= 0.3 is 0 Å². The molecule has 0 N–H and O–H groups in total. The smallest absolute Gasteiger partial charge is 0.0814 e. The molecule has 0 aromatic heterocycles. The molecule has 0 spiro atoms. The van der Waals surface area contributed by atoms with E-state index in [2.05, 4.69) is 3.77 Å². The Labute approximate surface area is 88.4 Å². The van der Waals surface area contributed by atoms with Crippen LogP contribution in [0.2, 0.25) is 0 Å². The van der Waals surface area contributed by atoms with Crippen LogP contribution in [0.1, 0.15) is 0 Å². The quantitative estimate of drug-likeness (QED) is 0.769. The number of nitrogens with zero attached hydrogens (tertiary/aromatic N) is 1. The summed E-state index contributed by atoms with van der Waals surface area (Å²) >= 11 is 0. The molecule has 0 saturated carbocycles. The van der Waals surface area contributed by atoms with Gasteiger partial charge in [0.15, 0.2) is 0 Å². The fourth-order valence-electron chi connectivity index (χ4n) is 1.14. The first-order chi connectivity index (χ1) is 6.31. The number of hydrogen-bond donors (Lipinski definition) is 0. The van der Waals surface area contributed by atoms with Crippen LogP contribution < -0.4 is 0 Å². The van der Waals surface area contributed by atoms with Crippen LogP contribution in [0.4, 0.5) is 0 Å². The summed E-state index contributed by atoms with van der Waals surface area (Å²) in [6.07, 6.45) is 7.83. The van der Waals surface area contributed by atoms with Crippen LogP contribution in [0.5, 0.6) is 0 Å². The van der Waals surface area contributed by atoms with Crippen LogP contribution in [0.15, 0.2) is 39.0 Å². The fraction of sp³-hybridized carbons (Fsp3) is 0.400. The Hall–Kier alpha value is -0.480. The lowest BCUT2D eigenvalue weighted by Gasteiger charge is -2.20. The number of hydrogen-bond acceptors (Lipinski definition) is 2. The zero-order valence-corrected chi connectivity index (χ0v) is 10.7. The third kappa shape index (κ3) is 3.35. The van der Waals surface area contributed by atoms with Gasteiger partial charge in [0.25, 0.3) is 0 Å². The van der Waals surface area contributed by atoms with Crippen molar-refractivity contribution in [3.05, 3.63) is 30.3 Å². The summed E-state index contributed by atoms with van der Waals surface area (Å²) in [6, 6.07) is 9.45. The van der Waals surface area contributed by atoms with Crippen LogP contribution in [0.3, 0.4) is 0 Å². The van der Waals surface area contributed by atoms with E-state index in [1.54, 1.807) is 6.26 Å². The highest BCUT2D eigenvalue weighted by Crippen LogP contribution is 2.38. The molecule has 0 fully saturated rings. The molecule has 0 heterocycles. The lowest BCUT2D eigenvalue weighted by atomic mass is 10.4. The molecule has 2 nitrogen and oxygen atoms in total. The molecular formula is C10H17NOS2. The molecule has 0 aliphatic rings. The zero-order valence-electron chi connectivity index (χ0n) is 9.06. The molecule has 14 heavy (non-hydrogen) atoms. The molecule has 80 valence electrons. The normalized spacial score (nSPS) is 17.1. The SMILES string of the molecule is CS(C)(C)N=S(C)(=O)c1ccccc1. The summed E-state index contributed by atoms with van der Waals surface area (Å²) < 4.78 is 16.7. The second-order valence-corrected chi connectivity index (χ2v) is 10.2. The summed E-state index contributed by atoms with van der Waals surface area (Å²) in [5.41, 5.74) is 0. The van der Waals surface area contributed by atoms with Crippen molar-refractivity contribution in [2.24, 2.45) is 3.77 Å². The van der Waals surface area contributed by atoms with E-state index < -0.39 is 19.9 Å². The molecule has 0 bridgehead atoms. The van der Waals surface area contributed by atoms with Crippen molar-refractivity contribution < 1.29 is 4.21 Å². The van der Waals surface area contributed by atoms with Crippen molar-refractivity contribution in [2.45, 2.75) is 4.90 Å². The predicted molar refractivity (Wildman–Crippen MR) is 66.6 cm³/mol. The Morgan fingerprint density at radius 2 is 1.50 bits per heavy atom. The van der Waals surface area contributed by atoms with Gasteiger partial charge in [-0.25, -0.2) is 4.21 Å². The molecule has 1 unspecified atom stereocenters. The molecule has 4 heteroatoms. The maximum atomic E-state index is 12.3. The van der Waals surface area contributed by atoms with Gasteiger partial charge in [-0.15, -0.1) is 10.2 Å². The molecule has 0 aliphatic heterocycles.